The average Bonchev–Trinajstić information content (AvgIpc) is 3.45. The lowest BCUT2D eigenvalue weighted by Crippen LogP contribution is -2.43. The second-order valence-electron chi connectivity index (χ2n) is 10.6. The fraction of sp³-hybridized carbons (Fsp3) is 0.433. The third kappa shape index (κ3) is 4.51. The van der Waals surface area contributed by atoms with E-state index in [1.165, 1.54) is 11.1 Å². The van der Waals surface area contributed by atoms with Crippen LogP contribution in [0.15, 0.2) is 54.7 Å². The Morgan fingerprint density at radius 3 is 3.05 bits per heavy atom. The number of aliphatic hydroxyl groups is 1. The van der Waals surface area contributed by atoms with Crippen molar-refractivity contribution in [3.63, 3.8) is 0 Å². The zero-order valence-electron chi connectivity index (χ0n) is 21.3. The van der Waals surface area contributed by atoms with Gasteiger partial charge in [0.15, 0.2) is 11.5 Å². The van der Waals surface area contributed by atoms with Crippen LogP contribution in [0.1, 0.15) is 49.7 Å². The summed E-state index contributed by atoms with van der Waals surface area (Å²) in [7, 11) is 1.69. The number of fused-ring (bicyclic) bond motifs is 1. The highest BCUT2D eigenvalue weighted by Gasteiger charge is 2.52. The van der Waals surface area contributed by atoms with E-state index in [1.54, 1.807) is 7.11 Å². The number of H-pyrrole nitrogens is 1. The van der Waals surface area contributed by atoms with E-state index in [9.17, 15) is 9.90 Å². The molecule has 3 N–H and O–H groups in total. The third-order valence-electron chi connectivity index (χ3n) is 8.25. The van der Waals surface area contributed by atoms with E-state index in [2.05, 4.69) is 27.3 Å². The molecular formula is C30H35N3O4. The summed E-state index contributed by atoms with van der Waals surface area (Å²) in [4.78, 5) is 18.1. The number of carbonyl (C=O) groups excluding carboxylic acids is 1. The summed E-state index contributed by atoms with van der Waals surface area (Å²) in [5.74, 6) is 1.70. The van der Waals surface area contributed by atoms with Crippen LogP contribution < -0.4 is 14.8 Å². The van der Waals surface area contributed by atoms with Crippen LogP contribution in [0, 0.1) is 0 Å². The topological polar surface area (TPSA) is 86.8 Å². The van der Waals surface area contributed by atoms with Gasteiger partial charge in [-0.1, -0.05) is 24.6 Å². The van der Waals surface area contributed by atoms with Crippen LogP contribution in [0.3, 0.4) is 0 Å². The number of methoxy groups -OCH3 is 1. The number of nitrogens with zero attached hydrogens (tertiary/aromatic N) is 1. The molecule has 0 saturated heterocycles. The Kier molecular flexibility index (Phi) is 6.42. The van der Waals surface area contributed by atoms with Gasteiger partial charge in [0.1, 0.15) is 6.10 Å². The quantitative estimate of drug-likeness (QED) is 0.302. The summed E-state index contributed by atoms with van der Waals surface area (Å²) in [6.45, 7) is 2.85. The Morgan fingerprint density at radius 2 is 2.16 bits per heavy atom. The van der Waals surface area contributed by atoms with E-state index in [4.69, 9.17) is 9.47 Å². The van der Waals surface area contributed by atoms with Crippen molar-refractivity contribution in [2.45, 2.75) is 62.7 Å². The minimum absolute atomic E-state index is 0.0611. The molecule has 6 rings (SSSR count). The molecule has 0 saturated carbocycles. The molecule has 3 aliphatic rings. The van der Waals surface area contributed by atoms with Crippen LogP contribution in [0.25, 0.3) is 10.9 Å². The van der Waals surface area contributed by atoms with Crippen molar-refractivity contribution >= 4 is 22.5 Å². The second kappa shape index (κ2) is 9.88. The van der Waals surface area contributed by atoms with Crippen LogP contribution in [-0.4, -0.2) is 53.3 Å². The van der Waals surface area contributed by atoms with Crippen molar-refractivity contribution in [2.24, 2.45) is 0 Å². The molecule has 0 radical (unpaired) electrons. The number of ether oxygens (including phenoxy) is 2. The predicted molar refractivity (Wildman–Crippen MR) is 144 cm³/mol. The average molecular weight is 502 g/mol. The number of carbonyl (C=O) groups is 1. The number of hydrogen-bond donors (Lipinski definition) is 3. The normalized spacial score (nSPS) is 24.3. The van der Waals surface area contributed by atoms with Gasteiger partial charge in [-0.25, -0.2) is 0 Å². The van der Waals surface area contributed by atoms with Gasteiger partial charge in [0, 0.05) is 47.7 Å². The van der Waals surface area contributed by atoms with Gasteiger partial charge < -0.3 is 24.9 Å². The summed E-state index contributed by atoms with van der Waals surface area (Å²) in [5.41, 5.74) is 4.25. The Morgan fingerprint density at radius 1 is 1.24 bits per heavy atom. The molecule has 1 spiro atoms. The van der Waals surface area contributed by atoms with Crippen LogP contribution in [0.2, 0.25) is 0 Å². The number of amides is 1. The number of benzene rings is 2. The SMILES string of the molecule is COc1ccc2c3c1O[C@H]1C[C@@H](O)C=C[C@@]31CCN(CCCCCC(=O)Nc1ccc3[nH]ccc3c1)C2. The second-order valence-corrected chi connectivity index (χ2v) is 10.6. The molecule has 0 fully saturated rings. The fourth-order valence-corrected chi connectivity index (χ4v) is 6.34. The van der Waals surface area contributed by atoms with Gasteiger partial charge in [-0.05, 0) is 68.2 Å². The van der Waals surface area contributed by atoms with Crippen LogP contribution in [0.5, 0.6) is 11.5 Å². The van der Waals surface area contributed by atoms with Gasteiger partial charge in [0.05, 0.1) is 18.6 Å². The van der Waals surface area contributed by atoms with Gasteiger partial charge >= 0.3 is 0 Å². The molecule has 0 bridgehead atoms. The maximum Gasteiger partial charge on any atom is 0.224 e. The van der Waals surface area contributed by atoms with E-state index in [1.807, 2.05) is 42.6 Å². The van der Waals surface area contributed by atoms with Crippen LogP contribution in [-0.2, 0) is 16.8 Å². The fourth-order valence-electron chi connectivity index (χ4n) is 6.34. The van der Waals surface area contributed by atoms with Crippen molar-refractivity contribution in [1.29, 1.82) is 0 Å². The summed E-state index contributed by atoms with van der Waals surface area (Å²) in [6, 6.07) is 12.1. The number of aromatic nitrogens is 1. The van der Waals surface area contributed by atoms with Crippen molar-refractivity contribution in [3.8, 4) is 11.5 Å². The maximum atomic E-state index is 12.4. The summed E-state index contributed by atoms with van der Waals surface area (Å²) < 4.78 is 12.0. The standard InChI is InChI=1S/C30H35N3O4/c1-36-25-9-6-21-19-33(16-13-30-12-10-23(34)18-26(30)37-29(25)28(21)30)15-4-2-3-5-27(35)32-22-7-8-24-20(17-22)11-14-31-24/h6-12,14,17,23,26,31,34H,2-5,13,15-16,18-19H2,1H3,(H,32,35)/t23-,26-,30-/m0/s1. The first-order chi connectivity index (χ1) is 18.1. The zero-order chi connectivity index (χ0) is 25.4. The summed E-state index contributed by atoms with van der Waals surface area (Å²) in [6.07, 6.45) is 10.6. The van der Waals surface area contributed by atoms with Gasteiger partial charge in [-0.3, -0.25) is 9.69 Å². The lowest BCUT2D eigenvalue weighted by Gasteiger charge is -2.35. The highest BCUT2D eigenvalue weighted by atomic mass is 16.5. The summed E-state index contributed by atoms with van der Waals surface area (Å²) in [5, 5.41) is 14.4. The molecule has 194 valence electrons. The third-order valence-corrected chi connectivity index (χ3v) is 8.25. The number of rotatable bonds is 8. The first-order valence-electron chi connectivity index (χ1n) is 13.4. The van der Waals surface area contributed by atoms with E-state index >= 15 is 0 Å². The largest absolute Gasteiger partial charge is 0.493 e. The Bertz CT molecular complexity index is 1330. The minimum atomic E-state index is -0.465. The number of anilines is 1. The van der Waals surface area contributed by atoms with Crippen LogP contribution in [0.4, 0.5) is 5.69 Å². The lowest BCUT2D eigenvalue weighted by atomic mass is 9.69. The molecule has 3 heterocycles. The Balaban J connectivity index is 1.04. The van der Waals surface area contributed by atoms with Crippen molar-refractivity contribution < 1.29 is 19.4 Å². The van der Waals surface area contributed by atoms with E-state index in [0.717, 1.165) is 73.4 Å². The molecule has 2 aliphatic heterocycles. The molecule has 3 aromatic rings. The van der Waals surface area contributed by atoms with Gasteiger partial charge in [-0.2, -0.15) is 0 Å². The molecule has 7 heteroatoms. The van der Waals surface area contributed by atoms with Crippen LogP contribution >= 0.6 is 0 Å². The predicted octanol–water partition coefficient (Wildman–Crippen LogP) is 4.90. The lowest BCUT2D eigenvalue weighted by molar-refractivity contribution is -0.116. The number of aromatic amines is 1. The molecule has 7 nitrogen and oxygen atoms in total. The minimum Gasteiger partial charge on any atom is -0.493 e. The number of unbranched alkanes of at least 4 members (excludes halogenated alkanes) is 2. The molecule has 1 amide bonds. The Labute approximate surface area is 217 Å². The highest BCUT2D eigenvalue weighted by Crippen LogP contribution is 2.55. The summed E-state index contributed by atoms with van der Waals surface area (Å²) >= 11 is 0. The van der Waals surface area contributed by atoms with Gasteiger partial charge in [-0.15, -0.1) is 0 Å². The highest BCUT2D eigenvalue weighted by molar-refractivity contribution is 5.93. The molecule has 37 heavy (non-hydrogen) atoms. The van der Waals surface area contributed by atoms with Gasteiger partial charge in [0.2, 0.25) is 5.91 Å². The monoisotopic (exact) mass is 501 g/mol. The number of aliphatic hydroxyl groups excluding tert-OH is 1. The van der Waals surface area contributed by atoms with E-state index < -0.39 is 6.10 Å². The van der Waals surface area contributed by atoms with E-state index in [0.29, 0.717) is 12.8 Å². The van der Waals surface area contributed by atoms with Crippen molar-refractivity contribution in [2.75, 3.05) is 25.5 Å². The first-order valence-corrected chi connectivity index (χ1v) is 13.4. The van der Waals surface area contributed by atoms with Crippen molar-refractivity contribution in [3.05, 3.63) is 65.9 Å². The molecule has 3 atom stereocenters. The smallest absolute Gasteiger partial charge is 0.224 e. The molecular weight excluding hydrogens is 466 g/mol. The Hall–Kier alpha value is -3.29. The zero-order valence-corrected chi connectivity index (χ0v) is 21.3. The molecule has 1 aromatic heterocycles. The molecule has 0 unspecified atom stereocenters. The maximum absolute atomic E-state index is 12.4. The molecule has 1 aliphatic carbocycles. The number of hydrogen-bond acceptors (Lipinski definition) is 5. The number of nitrogens with one attached hydrogen (secondary N) is 2. The van der Waals surface area contributed by atoms with Gasteiger partial charge in [0.25, 0.3) is 0 Å². The van der Waals surface area contributed by atoms with E-state index in [-0.39, 0.29) is 17.4 Å². The molecule has 2 aromatic carbocycles. The first kappa shape index (κ1) is 24.1. The van der Waals surface area contributed by atoms with Crippen molar-refractivity contribution in [1.82, 2.24) is 9.88 Å².